The lowest BCUT2D eigenvalue weighted by atomic mass is 10.2. The summed E-state index contributed by atoms with van der Waals surface area (Å²) in [6.07, 6.45) is 0. The summed E-state index contributed by atoms with van der Waals surface area (Å²) in [7, 11) is -8.04. The number of primary amides is 1. The van der Waals surface area contributed by atoms with Crippen LogP contribution in [0, 0.1) is 0 Å². The minimum Gasteiger partial charge on any atom is -0.366 e. The van der Waals surface area contributed by atoms with E-state index >= 15 is 0 Å². The standard InChI is InChI=1S/C11H10N2O5S3/c12-11(14)7-3-1-2-4-8(7)20(15,16)9-5-6-10(19-9)21(13,17)18/h1-6H,(H2,12,14)(H2,13,17,18). The van der Waals surface area contributed by atoms with Gasteiger partial charge in [0.05, 0.1) is 10.5 Å². The molecule has 1 amide bonds. The molecule has 0 spiro atoms. The Morgan fingerprint density at radius 3 is 2.05 bits per heavy atom. The largest absolute Gasteiger partial charge is 0.366 e. The van der Waals surface area contributed by atoms with E-state index in [0.717, 1.165) is 12.1 Å². The summed E-state index contributed by atoms with van der Waals surface area (Å²) in [5.41, 5.74) is 4.98. The summed E-state index contributed by atoms with van der Waals surface area (Å²) in [5, 5.41) is 4.94. The fraction of sp³-hybridized carbons (Fsp3) is 0. The predicted molar refractivity (Wildman–Crippen MR) is 76.1 cm³/mol. The van der Waals surface area contributed by atoms with Gasteiger partial charge in [0, 0.05) is 0 Å². The highest BCUT2D eigenvalue weighted by Gasteiger charge is 2.26. The van der Waals surface area contributed by atoms with Crippen LogP contribution in [0.3, 0.4) is 0 Å². The SMILES string of the molecule is NC(=O)c1ccccc1S(=O)(=O)c1ccc(S(N)(=O)=O)s1. The van der Waals surface area contributed by atoms with E-state index in [2.05, 4.69) is 0 Å². The first-order chi connectivity index (χ1) is 9.64. The Labute approximate surface area is 125 Å². The van der Waals surface area contributed by atoms with Crippen molar-refractivity contribution in [2.24, 2.45) is 10.9 Å². The molecule has 21 heavy (non-hydrogen) atoms. The van der Waals surface area contributed by atoms with Crippen molar-refractivity contribution in [1.29, 1.82) is 0 Å². The Morgan fingerprint density at radius 1 is 0.952 bits per heavy atom. The fourth-order valence-corrected chi connectivity index (χ4v) is 5.39. The van der Waals surface area contributed by atoms with Crippen LogP contribution in [0.2, 0.25) is 0 Å². The first-order valence-electron chi connectivity index (χ1n) is 5.40. The number of rotatable bonds is 4. The number of hydrogen-bond donors (Lipinski definition) is 2. The highest BCUT2D eigenvalue weighted by Crippen LogP contribution is 2.31. The number of hydrogen-bond acceptors (Lipinski definition) is 6. The number of nitrogens with two attached hydrogens (primary N) is 2. The van der Waals surface area contributed by atoms with Gasteiger partial charge in [0.1, 0.15) is 8.42 Å². The monoisotopic (exact) mass is 346 g/mol. The number of carbonyl (C=O) groups excluding carboxylic acids is 1. The predicted octanol–water partition coefficient (Wildman–Crippen LogP) is 0.327. The Bertz CT molecular complexity index is 913. The normalized spacial score (nSPS) is 12.2. The number of thiophene rings is 1. The molecule has 0 aliphatic rings. The van der Waals surface area contributed by atoms with E-state index in [9.17, 15) is 21.6 Å². The van der Waals surface area contributed by atoms with Gasteiger partial charge in [-0.2, -0.15) is 0 Å². The molecule has 1 aromatic carbocycles. The number of amides is 1. The quantitative estimate of drug-likeness (QED) is 0.821. The van der Waals surface area contributed by atoms with Crippen molar-refractivity contribution in [2.45, 2.75) is 13.3 Å². The molecule has 0 aliphatic heterocycles. The van der Waals surface area contributed by atoms with Gasteiger partial charge in [-0.25, -0.2) is 22.0 Å². The van der Waals surface area contributed by atoms with Crippen LogP contribution in [-0.4, -0.2) is 22.7 Å². The molecule has 112 valence electrons. The van der Waals surface area contributed by atoms with Crippen LogP contribution in [-0.2, 0) is 19.9 Å². The Kier molecular flexibility index (Phi) is 3.89. The second-order valence-electron chi connectivity index (χ2n) is 3.98. The van der Waals surface area contributed by atoms with E-state index in [1.165, 1.54) is 24.3 Å². The molecule has 0 saturated heterocycles. The third kappa shape index (κ3) is 2.97. The van der Waals surface area contributed by atoms with Gasteiger partial charge in [-0.3, -0.25) is 4.79 Å². The number of sulfonamides is 1. The van der Waals surface area contributed by atoms with Crippen LogP contribution in [0.1, 0.15) is 10.4 Å². The third-order valence-corrected chi connectivity index (χ3v) is 7.37. The molecule has 7 nitrogen and oxygen atoms in total. The minimum atomic E-state index is -4.06. The Hall–Kier alpha value is -1.75. The molecule has 0 atom stereocenters. The minimum absolute atomic E-state index is 0.164. The van der Waals surface area contributed by atoms with Gasteiger partial charge in [0.15, 0.2) is 0 Å². The molecule has 0 bridgehead atoms. The Morgan fingerprint density at radius 2 is 1.52 bits per heavy atom. The summed E-state index contributed by atoms with van der Waals surface area (Å²) in [4.78, 5) is 11.0. The van der Waals surface area contributed by atoms with E-state index in [0.29, 0.717) is 11.3 Å². The molecule has 0 unspecified atom stereocenters. The number of carbonyl (C=O) groups is 1. The lowest BCUT2D eigenvalue weighted by Gasteiger charge is -2.06. The first-order valence-corrected chi connectivity index (χ1v) is 9.25. The molecule has 2 rings (SSSR count). The van der Waals surface area contributed by atoms with Crippen LogP contribution < -0.4 is 10.9 Å². The molecule has 0 fully saturated rings. The summed E-state index contributed by atoms with van der Waals surface area (Å²) in [5.74, 6) is -0.891. The zero-order valence-corrected chi connectivity index (χ0v) is 12.8. The molecule has 4 N–H and O–H groups in total. The van der Waals surface area contributed by atoms with Gasteiger partial charge in [-0.1, -0.05) is 12.1 Å². The zero-order chi connectivity index (χ0) is 15.8. The molecule has 2 aromatic rings. The van der Waals surface area contributed by atoms with Crippen molar-refractivity contribution in [1.82, 2.24) is 0 Å². The smallest absolute Gasteiger partial charge is 0.250 e. The maximum absolute atomic E-state index is 12.5. The first kappa shape index (κ1) is 15.6. The maximum atomic E-state index is 12.5. The molecule has 0 saturated carbocycles. The summed E-state index contributed by atoms with van der Waals surface area (Å²) < 4.78 is 46.8. The molecular weight excluding hydrogens is 336 g/mol. The average Bonchev–Trinajstić information content (AvgIpc) is 2.88. The van der Waals surface area contributed by atoms with Gasteiger partial charge < -0.3 is 5.73 Å². The highest BCUT2D eigenvalue weighted by molar-refractivity contribution is 7.95. The van der Waals surface area contributed by atoms with Crippen LogP contribution in [0.15, 0.2) is 49.7 Å². The lowest BCUT2D eigenvalue weighted by molar-refractivity contribution is 0.0997. The van der Waals surface area contributed by atoms with Gasteiger partial charge in [-0.15, -0.1) is 11.3 Å². The highest BCUT2D eigenvalue weighted by atomic mass is 32.3. The van der Waals surface area contributed by atoms with Crippen LogP contribution in [0.25, 0.3) is 0 Å². The molecule has 10 heteroatoms. The maximum Gasteiger partial charge on any atom is 0.250 e. The van der Waals surface area contributed by atoms with Gasteiger partial charge in [0.2, 0.25) is 25.8 Å². The summed E-state index contributed by atoms with van der Waals surface area (Å²) >= 11 is 0.509. The van der Waals surface area contributed by atoms with Gasteiger partial charge >= 0.3 is 0 Å². The van der Waals surface area contributed by atoms with Gasteiger partial charge in [-0.05, 0) is 24.3 Å². The fourth-order valence-electron chi connectivity index (χ4n) is 1.61. The summed E-state index contributed by atoms with van der Waals surface area (Å²) in [6, 6.07) is 7.64. The van der Waals surface area contributed by atoms with Crippen LogP contribution in [0.5, 0.6) is 0 Å². The van der Waals surface area contributed by atoms with E-state index in [1.54, 1.807) is 0 Å². The van der Waals surface area contributed by atoms with Crippen molar-refractivity contribution in [3.8, 4) is 0 Å². The van der Waals surface area contributed by atoms with Crippen LogP contribution in [0.4, 0.5) is 0 Å². The Balaban J connectivity index is 2.64. The topological polar surface area (TPSA) is 137 Å². The number of primary sulfonamides is 1. The van der Waals surface area contributed by atoms with E-state index < -0.39 is 25.8 Å². The second-order valence-corrected chi connectivity index (χ2v) is 9.00. The molecule has 0 aliphatic carbocycles. The van der Waals surface area contributed by atoms with Crippen molar-refractivity contribution in [3.63, 3.8) is 0 Å². The van der Waals surface area contributed by atoms with E-state index in [-0.39, 0.29) is 18.9 Å². The second kappa shape index (κ2) is 5.22. The molecule has 0 radical (unpaired) electrons. The summed E-state index contributed by atoms with van der Waals surface area (Å²) in [6.45, 7) is 0. The van der Waals surface area contributed by atoms with Gasteiger partial charge in [0.25, 0.3) is 0 Å². The van der Waals surface area contributed by atoms with Crippen molar-refractivity contribution >= 4 is 37.1 Å². The average molecular weight is 346 g/mol. The molecule has 1 aromatic heterocycles. The van der Waals surface area contributed by atoms with Crippen LogP contribution >= 0.6 is 11.3 Å². The van der Waals surface area contributed by atoms with E-state index in [4.69, 9.17) is 10.9 Å². The van der Waals surface area contributed by atoms with Crippen molar-refractivity contribution < 1.29 is 21.6 Å². The number of sulfone groups is 1. The van der Waals surface area contributed by atoms with Crippen molar-refractivity contribution in [2.75, 3.05) is 0 Å². The zero-order valence-electron chi connectivity index (χ0n) is 10.4. The third-order valence-electron chi connectivity index (χ3n) is 2.54. The number of benzene rings is 1. The lowest BCUT2D eigenvalue weighted by Crippen LogP contribution is -2.16. The molecule has 1 heterocycles. The van der Waals surface area contributed by atoms with E-state index in [1.807, 2.05) is 0 Å². The molecular formula is C11H10N2O5S3. The van der Waals surface area contributed by atoms with Crippen molar-refractivity contribution in [3.05, 3.63) is 42.0 Å².